The van der Waals surface area contributed by atoms with Crippen LogP contribution >= 0.6 is 0 Å². The maximum Gasteiger partial charge on any atom is 0.150 e. The molecule has 0 saturated carbocycles. The summed E-state index contributed by atoms with van der Waals surface area (Å²) in [4.78, 5) is 0. The van der Waals surface area contributed by atoms with E-state index in [1.165, 1.54) is 0 Å². The van der Waals surface area contributed by atoms with Gasteiger partial charge >= 0.3 is 0 Å². The van der Waals surface area contributed by atoms with E-state index in [1.54, 1.807) is 0 Å². The van der Waals surface area contributed by atoms with Crippen molar-refractivity contribution in [2.45, 2.75) is 0 Å². The van der Waals surface area contributed by atoms with E-state index in [9.17, 15) is 0 Å². The van der Waals surface area contributed by atoms with Crippen LogP contribution < -0.4 is 21.3 Å². The summed E-state index contributed by atoms with van der Waals surface area (Å²) < 4.78 is 0. The van der Waals surface area contributed by atoms with Crippen LogP contribution in [0.4, 0.5) is 22.7 Å². The Balaban J connectivity index is 1.74. The molecule has 4 nitrogen and oxygen atoms in total. The molecule has 30 heavy (non-hydrogen) atoms. The van der Waals surface area contributed by atoms with Gasteiger partial charge in [-0.05, 0) is 48.5 Å². The van der Waals surface area contributed by atoms with E-state index in [0.717, 1.165) is 34.4 Å². The van der Waals surface area contributed by atoms with Crippen molar-refractivity contribution in [3.05, 3.63) is 133 Å². The van der Waals surface area contributed by atoms with Gasteiger partial charge in [0, 0.05) is 22.7 Å². The average molecular weight is 393 g/mol. The molecular formula is C26H24N4. The lowest BCUT2D eigenvalue weighted by Gasteiger charge is -2.21. The molecule has 0 aromatic heterocycles. The van der Waals surface area contributed by atoms with Crippen LogP contribution in [-0.4, -0.2) is 0 Å². The molecule has 4 rings (SSSR count). The topological polar surface area (TPSA) is 48.1 Å². The van der Waals surface area contributed by atoms with Crippen molar-refractivity contribution in [1.29, 1.82) is 0 Å². The number of hydrogen-bond acceptors (Lipinski definition) is 4. The van der Waals surface area contributed by atoms with Crippen LogP contribution in [0.2, 0.25) is 0 Å². The van der Waals surface area contributed by atoms with Gasteiger partial charge in [-0.15, -0.1) is 0 Å². The van der Waals surface area contributed by atoms with Crippen molar-refractivity contribution in [3.63, 3.8) is 0 Å². The van der Waals surface area contributed by atoms with E-state index < -0.39 is 0 Å². The van der Waals surface area contributed by atoms with Crippen LogP contribution in [0, 0.1) is 0 Å². The standard InChI is InChI=1S/C26H24N4/c1-5-13-21(14-6-1)27-25(28-22-15-7-2-8-16-22)26(29-23-17-9-3-10-18-23)30-24-19-11-4-12-20-24/h1-20,27-30H. The predicted molar refractivity (Wildman–Crippen MR) is 127 cm³/mol. The maximum absolute atomic E-state index is 3.51. The Bertz CT molecular complexity index is 887. The molecule has 0 bridgehead atoms. The molecule has 0 radical (unpaired) electrons. The molecule has 4 aromatic rings. The van der Waals surface area contributed by atoms with Gasteiger partial charge in [0.15, 0.2) is 0 Å². The monoisotopic (exact) mass is 392 g/mol. The van der Waals surface area contributed by atoms with Crippen LogP contribution in [0.15, 0.2) is 133 Å². The fourth-order valence-corrected chi connectivity index (χ4v) is 2.98. The Morgan fingerprint density at radius 3 is 0.700 bits per heavy atom. The molecule has 4 heteroatoms. The van der Waals surface area contributed by atoms with Crippen molar-refractivity contribution in [3.8, 4) is 0 Å². The predicted octanol–water partition coefficient (Wildman–Crippen LogP) is 6.56. The lowest BCUT2D eigenvalue weighted by Crippen LogP contribution is -2.22. The van der Waals surface area contributed by atoms with E-state index >= 15 is 0 Å². The van der Waals surface area contributed by atoms with E-state index in [-0.39, 0.29) is 0 Å². The molecule has 0 atom stereocenters. The Kier molecular flexibility index (Phi) is 6.28. The van der Waals surface area contributed by atoms with Gasteiger partial charge in [0.05, 0.1) is 0 Å². The number of nitrogens with one attached hydrogen (secondary N) is 4. The maximum atomic E-state index is 3.51. The second kappa shape index (κ2) is 9.85. The minimum Gasteiger partial charge on any atom is -0.339 e. The lowest BCUT2D eigenvalue weighted by molar-refractivity contribution is 1.24. The molecule has 0 aliphatic heterocycles. The Morgan fingerprint density at radius 1 is 0.300 bits per heavy atom. The summed E-state index contributed by atoms with van der Waals surface area (Å²) in [6.07, 6.45) is 0. The number of benzene rings is 4. The first-order valence-electron chi connectivity index (χ1n) is 9.89. The quantitative estimate of drug-likeness (QED) is 0.274. The summed E-state index contributed by atoms with van der Waals surface area (Å²) in [6, 6.07) is 40.4. The van der Waals surface area contributed by atoms with Crippen molar-refractivity contribution in [2.24, 2.45) is 0 Å². The zero-order chi connectivity index (χ0) is 20.4. The highest BCUT2D eigenvalue weighted by atomic mass is 15.2. The molecule has 0 heterocycles. The largest absolute Gasteiger partial charge is 0.339 e. The molecule has 0 saturated heterocycles. The molecule has 0 fully saturated rings. The van der Waals surface area contributed by atoms with Crippen LogP contribution in [0.5, 0.6) is 0 Å². The third kappa shape index (κ3) is 5.42. The van der Waals surface area contributed by atoms with Gasteiger partial charge in [-0.3, -0.25) is 0 Å². The second-order valence-electron chi connectivity index (χ2n) is 6.71. The van der Waals surface area contributed by atoms with Gasteiger partial charge in [-0.2, -0.15) is 0 Å². The normalized spacial score (nSPS) is 10.0. The minimum absolute atomic E-state index is 0.806. The van der Waals surface area contributed by atoms with Crippen LogP contribution in [0.25, 0.3) is 0 Å². The third-order valence-corrected chi connectivity index (χ3v) is 4.42. The number of rotatable bonds is 8. The van der Waals surface area contributed by atoms with Crippen LogP contribution in [0.1, 0.15) is 0 Å². The minimum atomic E-state index is 0.806. The molecule has 148 valence electrons. The number of para-hydroxylation sites is 4. The van der Waals surface area contributed by atoms with Crippen molar-refractivity contribution in [2.75, 3.05) is 21.3 Å². The molecule has 0 unspecified atom stereocenters. The van der Waals surface area contributed by atoms with E-state index in [0.29, 0.717) is 0 Å². The molecule has 4 N–H and O–H groups in total. The van der Waals surface area contributed by atoms with Crippen molar-refractivity contribution >= 4 is 22.7 Å². The Labute approximate surface area is 177 Å². The highest BCUT2D eigenvalue weighted by molar-refractivity contribution is 5.64. The molecular weight excluding hydrogens is 368 g/mol. The van der Waals surface area contributed by atoms with Gasteiger partial charge in [0.2, 0.25) is 0 Å². The zero-order valence-corrected chi connectivity index (χ0v) is 16.5. The Morgan fingerprint density at radius 2 is 0.500 bits per heavy atom. The average Bonchev–Trinajstić information content (AvgIpc) is 2.81. The number of hydrogen-bond donors (Lipinski definition) is 4. The lowest BCUT2D eigenvalue weighted by atomic mass is 10.3. The van der Waals surface area contributed by atoms with Crippen molar-refractivity contribution < 1.29 is 0 Å². The van der Waals surface area contributed by atoms with Gasteiger partial charge in [-0.1, -0.05) is 72.8 Å². The first-order chi connectivity index (χ1) is 14.9. The first-order valence-corrected chi connectivity index (χ1v) is 9.89. The molecule has 4 aromatic carbocycles. The van der Waals surface area contributed by atoms with E-state index in [2.05, 4.69) is 21.3 Å². The van der Waals surface area contributed by atoms with E-state index in [4.69, 9.17) is 0 Å². The number of anilines is 4. The second-order valence-corrected chi connectivity index (χ2v) is 6.71. The van der Waals surface area contributed by atoms with E-state index in [1.807, 2.05) is 121 Å². The fourth-order valence-electron chi connectivity index (χ4n) is 2.98. The summed E-state index contributed by atoms with van der Waals surface area (Å²) in [6.45, 7) is 0. The first kappa shape index (κ1) is 19.2. The van der Waals surface area contributed by atoms with Crippen LogP contribution in [-0.2, 0) is 0 Å². The SMILES string of the molecule is c1ccc(NC(Nc2ccccc2)=C(Nc2ccccc2)Nc2ccccc2)cc1. The van der Waals surface area contributed by atoms with Gasteiger partial charge in [0.25, 0.3) is 0 Å². The molecule has 0 amide bonds. The molecule has 0 spiro atoms. The van der Waals surface area contributed by atoms with Gasteiger partial charge in [0.1, 0.15) is 11.6 Å². The highest BCUT2D eigenvalue weighted by Gasteiger charge is 2.10. The Hall–Kier alpha value is -4.18. The summed E-state index contributed by atoms with van der Waals surface area (Å²) in [7, 11) is 0. The van der Waals surface area contributed by atoms with Gasteiger partial charge < -0.3 is 21.3 Å². The molecule has 0 aliphatic carbocycles. The fraction of sp³-hybridized carbons (Fsp3) is 0. The summed E-state index contributed by atoms with van der Waals surface area (Å²) >= 11 is 0. The smallest absolute Gasteiger partial charge is 0.150 e. The van der Waals surface area contributed by atoms with Gasteiger partial charge in [-0.25, -0.2) is 0 Å². The summed E-state index contributed by atoms with van der Waals surface area (Å²) in [5, 5.41) is 14.0. The third-order valence-electron chi connectivity index (χ3n) is 4.42. The summed E-state index contributed by atoms with van der Waals surface area (Å²) in [5.74, 6) is 1.61. The van der Waals surface area contributed by atoms with Crippen molar-refractivity contribution in [1.82, 2.24) is 0 Å². The van der Waals surface area contributed by atoms with Crippen LogP contribution in [0.3, 0.4) is 0 Å². The highest BCUT2D eigenvalue weighted by Crippen LogP contribution is 2.20. The molecule has 0 aliphatic rings. The summed E-state index contributed by atoms with van der Waals surface area (Å²) in [5.41, 5.74) is 3.94. The zero-order valence-electron chi connectivity index (χ0n) is 16.5.